The molecule has 0 aromatic carbocycles. The lowest BCUT2D eigenvalue weighted by atomic mass is 10.1. The van der Waals surface area contributed by atoms with Crippen LogP contribution >= 0.6 is 22.9 Å². The Labute approximate surface area is 125 Å². The molecule has 0 aliphatic heterocycles. The van der Waals surface area contributed by atoms with Crippen LogP contribution in [0.5, 0.6) is 0 Å². The van der Waals surface area contributed by atoms with Crippen molar-refractivity contribution in [2.24, 2.45) is 5.92 Å². The van der Waals surface area contributed by atoms with Crippen LogP contribution in [0.3, 0.4) is 0 Å². The van der Waals surface area contributed by atoms with E-state index >= 15 is 0 Å². The van der Waals surface area contributed by atoms with Gasteiger partial charge in [-0.1, -0.05) is 18.0 Å². The first-order chi connectivity index (χ1) is 9.53. The minimum Gasteiger partial charge on any atom is -0.279 e. The Hall–Kier alpha value is -1.14. The topological polar surface area (TPSA) is 87.3 Å². The van der Waals surface area contributed by atoms with E-state index in [9.17, 15) is 8.42 Å². The maximum absolute atomic E-state index is 12.5. The van der Waals surface area contributed by atoms with Gasteiger partial charge in [-0.25, -0.2) is 18.1 Å². The fourth-order valence-electron chi connectivity index (χ4n) is 2.49. The maximum atomic E-state index is 12.5. The highest BCUT2D eigenvalue weighted by atomic mass is 35.5. The molecule has 2 aromatic rings. The highest BCUT2D eigenvalue weighted by molar-refractivity contribution is 7.89. The molecule has 0 bridgehead atoms. The first-order valence-electron chi connectivity index (χ1n) is 6.06. The molecule has 2 unspecified atom stereocenters. The number of nitrogens with zero attached hydrogens (tertiary/aromatic N) is 3. The molecule has 2 aromatic heterocycles. The molecule has 9 heteroatoms. The highest BCUT2D eigenvalue weighted by Gasteiger charge is 2.34. The van der Waals surface area contributed by atoms with Crippen molar-refractivity contribution in [1.82, 2.24) is 14.1 Å². The number of halogens is 1. The SMILES string of the molecule is N#CC1CCCC1NS(=O)(=O)c1c(Cl)nc2sccn12. The van der Waals surface area contributed by atoms with Gasteiger partial charge in [-0.05, 0) is 12.8 Å². The van der Waals surface area contributed by atoms with Gasteiger partial charge >= 0.3 is 0 Å². The van der Waals surface area contributed by atoms with Crippen molar-refractivity contribution in [2.45, 2.75) is 30.3 Å². The number of hydrogen-bond acceptors (Lipinski definition) is 5. The summed E-state index contributed by atoms with van der Waals surface area (Å²) in [6.07, 6.45) is 3.85. The summed E-state index contributed by atoms with van der Waals surface area (Å²) in [5.74, 6) is -0.283. The van der Waals surface area contributed by atoms with Crippen LogP contribution in [-0.2, 0) is 10.0 Å². The largest absolute Gasteiger partial charge is 0.279 e. The summed E-state index contributed by atoms with van der Waals surface area (Å²) in [6, 6.07) is 1.79. The number of nitrogens with one attached hydrogen (secondary N) is 1. The maximum Gasteiger partial charge on any atom is 0.260 e. The van der Waals surface area contributed by atoms with E-state index in [1.807, 2.05) is 0 Å². The Morgan fingerprint density at radius 1 is 1.55 bits per heavy atom. The van der Waals surface area contributed by atoms with Gasteiger partial charge in [0.15, 0.2) is 15.1 Å². The fraction of sp³-hybridized carbons (Fsp3) is 0.455. The van der Waals surface area contributed by atoms with Crippen molar-refractivity contribution in [3.63, 3.8) is 0 Å². The third kappa shape index (κ3) is 2.20. The molecule has 1 fully saturated rings. The monoisotopic (exact) mass is 330 g/mol. The molecule has 106 valence electrons. The first-order valence-corrected chi connectivity index (χ1v) is 8.80. The summed E-state index contributed by atoms with van der Waals surface area (Å²) in [6.45, 7) is 0. The molecule has 1 aliphatic carbocycles. The predicted molar refractivity (Wildman–Crippen MR) is 75.1 cm³/mol. The first kappa shape index (κ1) is 13.8. The molecule has 0 saturated heterocycles. The zero-order chi connectivity index (χ0) is 14.3. The second-order valence-corrected chi connectivity index (χ2v) is 7.52. The van der Waals surface area contributed by atoms with Gasteiger partial charge in [-0.15, -0.1) is 11.3 Å². The van der Waals surface area contributed by atoms with Gasteiger partial charge in [-0.2, -0.15) is 5.26 Å². The Kier molecular flexibility index (Phi) is 3.46. The summed E-state index contributed by atoms with van der Waals surface area (Å²) >= 11 is 7.25. The second kappa shape index (κ2) is 5.00. The van der Waals surface area contributed by atoms with Crippen molar-refractivity contribution >= 4 is 37.9 Å². The lowest BCUT2D eigenvalue weighted by Crippen LogP contribution is -2.37. The van der Waals surface area contributed by atoms with E-state index in [4.69, 9.17) is 16.9 Å². The Balaban J connectivity index is 1.98. The number of thiazole rings is 1. The minimum absolute atomic E-state index is 0.0455. The molecule has 20 heavy (non-hydrogen) atoms. The van der Waals surface area contributed by atoms with Crippen LogP contribution in [-0.4, -0.2) is 23.8 Å². The summed E-state index contributed by atoms with van der Waals surface area (Å²) in [5, 5.41) is 10.7. The summed E-state index contributed by atoms with van der Waals surface area (Å²) in [7, 11) is -3.80. The third-order valence-corrected chi connectivity index (χ3v) is 6.07. The van der Waals surface area contributed by atoms with Crippen molar-refractivity contribution in [1.29, 1.82) is 5.26 Å². The normalized spacial score (nSPS) is 23.2. The van der Waals surface area contributed by atoms with E-state index in [-0.39, 0.29) is 22.1 Å². The average Bonchev–Trinajstić information content (AvgIpc) is 3.03. The van der Waals surface area contributed by atoms with Gasteiger partial charge in [0.1, 0.15) is 0 Å². The van der Waals surface area contributed by atoms with Gasteiger partial charge in [0.05, 0.1) is 12.0 Å². The number of imidazole rings is 1. The van der Waals surface area contributed by atoms with Crippen molar-refractivity contribution < 1.29 is 8.42 Å². The minimum atomic E-state index is -3.80. The van der Waals surface area contributed by atoms with Gasteiger partial charge in [0.25, 0.3) is 10.0 Å². The number of nitriles is 1. The molecule has 0 radical (unpaired) electrons. The zero-order valence-electron chi connectivity index (χ0n) is 10.3. The fourth-order valence-corrected chi connectivity index (χ4v) is 5.25. The summed E-state index contributed by atoms with van der Waals surface area (Å²) < 4.78 is 29.0. The lowest BCUT2D eigenvalue weighted by Gasteiger charge is -2.15. The van der Waals surface area contributed by atoms with E-state index in [0.717, 1.165) is 12.8 Å². The van der Waals surface area contributed by atoms with E-state index in [1.54, 1.807) is 11.6 Å². The van der Waals surface area contributed by atoms with Crippen LogP contribution in [0.15, 0.2) is 16.6 Å². The van der Waals surface area contributed by atoms with Crippen LogP contribution in [0.2, 0.25) is 5.15 Å². The van der Waals surface area contributed by atoms with Crippen LogP contribution in [0.25, 0.3) is 4.96 Å². The number of rotatable bonds is 3. The molecule has 0 spiro atoms. The molecule has 2 heterocycles. The van der Waals surface area contributed by atoms with Crippen molar-refractivity contribution in [3.05, 3.63) is 16.7 Å². The van der Waals surface area contributed by atoms with Crippen molar-refractivity contribution in [2.75, 3.05) is 0 Å². The summed E-state index contributed by atoms with van der Waals surface area (Å²) in [4.78, 5) is 4.54. The molecule has 2 atom stereocenters. The standard InChI is InChI=1S/C11H11ClN4O2S2/c12-9-10(16-4-5-19-11(16)14-9)20(17,18)15-8-3-1-2-7(8)6-13/h4-5,7-8,15H,1-3H2. The number of aromatic nitrogens is 2. The number of sulfonamides is 1. The van der Waals surface area contributed by atoms with E-state index in [0.29, 0.717) is 11.4 Å². The predicted octanol–water partition coefficient (Wildman–Crippen LogP) is 2.02. The van der Waals surface area contributed by atoms with Crippen molar-refractivity contribution in [3.8, 4) is 6.07 Å². The van der Waals surface area contributed by atoms with Crippen LogP contribution in [0.4, 0.5) is 0 Å². The van der Waals surface area contributed by atoms with Crippen LogP contribution in [0.1, 0.15) is 19.3 Å². The van der Waals surface area contributed by atoms with E-state index < -0.39 is 10.0 Å². The van der Waals surface area contributed by atoms with Gasteiger partial charge in [-0.3, -0.25) is 4.40 Å². The van der Waals surface area contributed by atoms with Gasteiger partial charge in [0, 0.05) is 17.6 Å². The molecule has 1 saturated carbocycles. The lowest BCUT2D eigenvalue weighted by molar-refractivity contribution is 0.512. The Bertz CT molecular complexity index is 789. The van der Waals surface area contributed by atoms with Gasteiger partial charge in [0.2, 0.25) is 0 Å². The van der Waals surface area contributed by atoms with Crippen LogP contribution in [0, 0.1) is 17.2 Å². The number of fused-ring (bicyclic) bond motifs is 1. The molecule has 1 aliphatic rings. The van der Waals surface area contributed by atoms with E-state index in [2.05, 4.69) is 15.8 Å². The van der Waals surface area contributed by atoms with E-state index in [1.165, 1.54) is 15.7 Å². The molecule has 1 N–H and O–H groups in total. The molecule has 3 rings (SSSR count). The smallest absolute Gasteiger partial charge is 0.260 e. The highest BCUT2D eigenvalue weighted by Crippen LogP contribution is 2.29. The van der Waals surface area contributed by atoms with Gasteiger partial charge < -0.3 is 0 Å². The molecular weight excluding hydrogens is 320 g/mol. The average molecular weight is 331 g/mol. The molecule has 0 amide bonds. The second-order valence-electron chi connectivity index (χ2n) is 4.66. The quantitative estimate of drug-likeness (QED) is 0.932. The molecule has 6 nitrogen and oxygen atoms in total. The Morgan fingerprint density at radius 3 is 3.10 bits per heavy atom. The number of hydrogen-bond donors (Lipinski definition) is 1. The third-order valence-electron chi connectivity index (χ3n) is 3.42. The molecular formula is C11H11ClN4O2S2. The zero-order valence-corrected chi connectivity index (χ0v) is 12.7. The summed E-state index contributed by atoms with van der Waals surface area (Å²) in [5.41, 5.74) is 0. The Morgan fingerprint density at radius 2 is 2.35 bits per heavy atom. The van der Waals surface area contributed by atoms with Crippen LogP contribution < -0.4 is 4.72 Å².